The normalized spacial score (nSPS) is 17.0. The van der Waals surface area contributed by atoms with Crippen molar-refractivity contribution in [1.29, 1.82) is 0 Å². The van der Waals surface area contributed by atoms with Gasteiger partial charge in [0.2, 0.25) is 0 Å². The van der Waals surface area contributed by atoms with Crippen LogP contribution in [0.1, 0.15) is 12.5 Å². The highest BCUT2D eigenvalue weighted by molar-refractivity contribution is 9.10. The van der Waals surface area contributed by atoms with Crippen LogP contribution in [0.3, 0.4) is 0 Å². The van der Waals surface area contributed by atoms with Crippen molar-refractivity contribution in [2.45, 2.75) is 6.92 Å². The standard InChI is InChI=1S/C13H13BrN2O3/c1-3-19-11-5-4-8(6-9(11)14)7-10-12(17)16(2)13(18)15-10/h4-7H,3H2,1-2H3,(H,15,18)/b10-7+. The molecule has 0 spiro atoms. The van der Waals surface area contributed by atoms with E-state index in [0.717, 1.165) is 20.7 Å². The van der Waals surface area contributed by atoms with Crippen LogP contribution in [0.15, 0.2) is 28.4 Å². The number of ether oxygens (including phenoxy) is 1. The first-order valence-electron chi connectivity index (χ1n) is 5.76. The molecule has 0 aromatic heterocycles. The van der Waals surface area contributed by atoms with Crippen LogP contribution in [0.25, 0.3) is 6.08 Å². The van der Waals surface area contributed by atoms with Gasteiger partial charge in [0.05, 0.1) is 11.1 Å². The Hall–Kier alpha value is -1.82. The number of benzene rings is 1. The number of carbonyl (C=O) groups is 2. The number of halogens is 1. The zero-order valence-electron chi connectivity index (χ0n) is 10.6. The molecule has 3 amide bonds. The molecule has 1 N–H and O–H groups in total. The lowest BCUT2D eigenvalue weighted by atomic mass is 10.2. The van der Waals surface area contributed by atoms with Gasteiger partial charge in [-0.25, -0.2) is 4.79 Å². The van der Waals surface area contributed by atoms with Crippen molar-refractivity contribution >= 4 is 33.9 Å². The fraction of sp³-hybridized carbons (Fsp3) is 0.231. The molecule has 19 heavy (non-hydrogen) atoms. The Morgan fingerprint density at radius 2 is 2.16 bits per heavy atom. The van der Waals surface area contributed by atoms with Gasteiger partial charge in [0.25, 0.3) is 5.91 Å². The molecular weight excluding hydrogens is 312 g/mol. The highest BCUT2D eigenvalue weighted by Crippen LogP contribution is 2.27. The summed E-state index contributed by atoms with van der Waals surface area (Å²) in [6, 6.07) is 5.04. The van der Waals surface area contributed by atoms with E-state index in [1.165, 1.54) is 7.05 Å². The minimum absolute atomic E-state index is 0.267. The largest absolute Gasteiger partial charge is 0.493 e. The second-order valence-corrected chi connectivity index (χ2v) is 4.83. The Balaban J connectivity index is 2.27. The number of nitrogens with zero attached hydrogens (tertiary/aromatic N) is 1. The maximum absolute atomic E-state index is 11.7. The first kappa shape index (κ1) is 13.6. The number of carbonyl (C=O) groups excluding carboxylic acids is 2. The molecule has 0 aliphatic carbocycles. The molecule has 6 heteroatoms. The molecule has 0 atom stereocenters. The number of amides is 3. The summed E-state index contributed by atoms with van der Waals surface area (Å²) >= 11 is 3.40. The third-order valence-corrected chi connectivity index (χ3v) is 3.27. The van der Waals surface area contributed by atoms with E-state index in [2.05, 4.69) is 21.2 Å². The molecule has 0 radical (unpaired) electrons. The number of imide groups is 1. The molecule has 1 aromatic carbocycles. The quantitative estimate of drug-likeness (QED) is 0.686. The number of rotatable bonds is 3. The van der Waals surface area contributed by atoms with E-state index in [0.29, 0.717) is 6.61 Å². The highest BCUT2D eigenvalue weighted by atomic mass is 79.9. The SMILES string of the molecule is CCOc1ccc(/C=C2/NC(=O)N(C)C2=O)cc1Br. The molecule has 1 aromatic rings. The van der Waals surface area contributed by atoms with Crippen LogP contribution in [-0.4, -0.2) is 30.5 Å². The van der Waals surface area contributed by atoms with Crippen LogP contribution in [0.2, 0.25) is 0 Å². The lowest BCUT2D eigenvalue weighted by molar-refractivity contribution is -0.121. The van der Waals surface area contributed by atoms with Crippen LogP contribution in [-0.2, 0) is 4.79 Å². The van der Waals surface area contributed by atoms with Crippen molar-refractivity contribution in [1.82, 2.24) is 10.2 Å². The number of nitrogens with one attached hydrogen (secondary N) is 1. The monoisotopic (exact) mass is 324 g/mol. The first-order valence-corrected chi connectivity index (χ1v) is 6.55. The summed E-state index contributed by atoms with van der Waals surface area (Å²) in [6.07, 6.45) is 1.63. The van der Waals surface area contributed by atoms with E-state index >= 15 is 0 Å². The van der Waals surface area contributed by atoms with Crippen LogP contribution < -0.4 is 10.1 Å². The summed E-state index contributed by atoms with van der Waals surface area (Å²) in [4.78, 5) is 24.1. The molecule has 2 rings (SSSR count). The molecule has 1 aliphatic rings. The third kappa shape index (κ3) is 2.78. The van der Waals surface area contributed by atoms with Crippen LogP contribution in [0.5, 0.6) is 5.75 Å². The topological polar surface area (TPSA) is 58.6 Å². The third-order valence-electron chi connectivity index (χ3n) is 2.65. The number of hydrogen-bond acceptors (Lipinski definition) is 3. The summed E-state index contributed by atoms with van der Waals surface area (Å²) in [5.74, 6) is 0.401. The van der Waals surface area contributed by atoms with Crippen molar-refractivity contribution in [3.63, 3.8) is 0 Å². The number of urea groups is 1. The van der Waals surface area contributed by atoms with Gasteiger partial charge in [0.15, 0.2) is 0 Å². The zero-order chi connectivity index (χ0) is 14.0. The molecule has 1 aliphatic heterocycles. The Morgan fingerprint density at radius 1 is 1.42 bits per heavy atom. The van der Waals surface area contributed by atoms with Gasteiger partial charge in [-0.3, -0.25) is 9.69 Å². The molecule has 1 saturated heterocycles. The lowest BCUT2D eigenvalue weighted by Crippen LogP contribution is -2.25. The van der Waals surface area contributed by atoms with Crippen LogP contribution in [0, 0.1) is 0 Å². The van der Waals surface area contributed by atoms with Gasteiger partial charge >= 0.3 is 6.03 Å². The Kier molecular flexibility index (Phi) is 3.90. The van der Waals surface area contributed by atoms with E-state index in [9.17, 15) is 9.59 Å². The molecule has 100 valence electrons. The van der Waals surface area contributed by atoms with Crippen molar-refractivity contribution in [3.05, 3.63) is 33.9 Å². The maximum Gasteiger partial charge on any atom is 0.328 e. The average Bonchev–Trinajstić information content (AvgIpc) is 2.61. The van der Waals surface area contributed by atoms with Gasteiger partial charge in [-0.15, -0.1) is 0 Å². The van der Waals surface area contributed by atoms with E-state index in [-0.39, 0.29) is 11.6 Å². The van der Waals surface area contributed by atoms with Crippen molar-refractivity contribution in [3.8, 4) is 5.75 Å². The molecule has 0 saturated carbocycles. The minimum Gasteiger partial charge on any atom is -0.493 e. The predicted octanol–water partition coefficient (Wildman–Crippen LogP) is 2.37. The smallest absolute Gasteiger partial charge is 0.328 e. The number of hydrogen-bond donors (Lipinski definition) is 1. The van der Waals surface area contributed by atoms with E-state index in [1.54, 1.807) is 6.08 Å². The van der Waals surface area contributed by atoms with E-state index in [1.807, 2.05) is 25.1 Å². The molecule has 1 fully saturated rings. The molecule has 5 nitrogen and oxygen atoms in total. The van der Waals surface area contributed by atoms with E-state index in [4.69, 9.17) is 4.74 Å². The number of likely N-dealkylation sites (N-methyl/N-ethyl adjacent to an activating group) is 1. The molecule has 0 bridgehead atoms. The fourth-order valence-corrected chi connectivity index (χ4v) is 2.18. The fourth-order valence-electron chi connectivity index (χ4n) is 1.67. The highest BCUT2D eigenvalue weighted by Gasteiger charge is 2.29. The van der Waals surface area contributed by atoms with Crippen LogP contribution in [0.4, 0.5) is 4.79 Å². The minimum atomic E-state index is -0.416. The predicted molar refractivity (Wildman–Crippen MR) is 74.6 cm³/mol. The molecule has 1 heterocycles. The van der Waals surface area contributed by atoms with E-state index < -0.39 is 6.03 Å². The van der Waals surface area contributed by atoms with Gasteiger partial charge < -0.3 is 10.1 Å². The Morgan fingerprint density at radius 3 is 2.68 bits per heavy atom. The van der Waals surface area contributed by atoms with Gasteiger partial charge in [0, 0.05) is 7.05 Å². The molecular formula is C13H13BrN2O3. The first-order chi connectivity index (χ1) is 9.02. The van der Waals surface area contributed by atoms with Crippen molar-refractivity contribution in [2.75, 3.05) is 13.7 Å². The molecule has 0 unspecified atom stereocenters. The Bertz CT molecular complexity index is 569. The van der Waals surface area contributed by atoms with Gasteiger partial charge in [0.1, 0.15) is 11.4 Å². The summed E-state index contributed by atoms with van der Waals surface area (Å²) in [5.41, 5.74) is 1.07. The Labute approximate surface area is 119 Å². The second kappa shape index (κ2) is 5.44. The van der Waals surface area contributed by atoms with Gasteiger partial charge in [-0.2, -0.15) is 0 Å². The van der Waals surface area contributed by atoms with Crippen molar-refractivity contribution in [2.24, 2.45) is 0 Å². The van der Waals surface area contributed by atoms with Crippen LogP contribution >= 0.6 is 15.9 Å². The summed E-state index contributed by atoms with van der Waals surface area (Å²) in [6.45, 7) is 2.49. The maximum atomic E-state index is 11.7. The average molecular weight is 325 g/mol. The summed E-state index contributed by atoms with van der Waals surface area (Å²) in [5, 5.41) is 2.51. The second-order valence-electron chi connectivity index (χ2n) is 3.98. The summed E-state index contributed by atoms with van der Waals surface area (Å²) < 4.78 is 6.20. The lowest BCUT2D eigenvalue weighted by Gasteiger charge is -2.06. The van der Waals surface area contributed by atoms with Gasteiger partial charge in [-0.05, 0) is 46.6 Å². The van der Waals surface area contributed by atoms with Crippen molar-refractivity contribution < 1.29 is 14.3 Å². The van der Waals surface area contributed by atoms with Gasteiger partial charge in [-0.1, -0.05) is 6.07 Å². The zero-order valence-corrected chi connectivity index (χ0v) is 12.2. The summed E-state index contributed by atoms with van der Waals surface area (Å²) in [7, 11) is 1.44.